The highest BCUT2D eigenvalue weighted by molar-refractivity contribution is 7.55. The van der Waals surface area contributed by atoms with E-state index < -0.39 is 0 Å². The van der Waals surface area contributed by atoms with E-state index in [1.807, 2.05) is 0 Å². The van der Waals surface area contributed by atoms with Gasteiger partial charge in [0.25, 0.3) is 0 Å². The van der Waals surface area contributed by atoms with Gasteiger partial charge in [-0.3, -0.25) is 0 Å². The molecule has 0 saturated heterocycles. The van der Waals surface area contributed by atoms with Crippen LogP contribution in [0.4, 0.5) is 0 Å². The lowest BCUT2D eigenvalue weighted by atomic mass is 10.1. The molecule has 0 radical (unpaired) electrons. The molecule has 0 aliphatic heterocycles. The van der Waals surface area contributed by atoms with Crippen molar-refractivity contribution in [2.75, 3.05) is 0 Å². The molecular weight excluding hydrogens is 247 g/mol. The molecule has 0 aliphatic carbocycles. The van der Waals surface area contributed by atoms with Crippen molar-refractivity contribution in [3.8, 4) is 0 Å². The molecule has 2 aromatic carbocycles. The molecule has 0 spiro atoms. The molecule has 0 nitrogen and oxygen atoms in total. The SMILES string of the molecule is Cc1cc(Pc2cc(C)c(C)c(C)c2)cc(C)c1C. The van der Waals surface area contributed by atoms with E-state index in [-0.39, 0.29) is 0 Å². The normalized spacial score (nSPS) is 10.8. The quantitative estimate of drug-likeness (QED) is 0.719. The van der Waals surface area contributed by atoms with E-state index in [9.17, 15) is 0 Å². The first-order valence-electron chi connectivity index (χ1n) is 6.81. The highest BCUT2D eigenvalue weighted by atomic mass is 31.1. The van der Waals surface area contributed by atoms with Crippen molar-refractivity contribution < 1.29 is 0 Å². The van der Waals surface area contributed by atoms with Crippen LogP contribution in [-0.4, -0.2) is 0 Å². The largest absolute Gasteiger partial charge is 0.0591 e. The van der Waals surface area contributed by atoms with Gasteiger partial charge in [-0.2, -0.15) is 0 Å². The Balaban J connectivity index is 2.36. The Morgan fingerprint density at radius 1 is 0.526 bits per heavy atom. The van der Waals surface area contributed by atoms with Crippen LogP contribution in [-0.2, 0) is 0 Å². The predicted molar refractivity (Wildman–Crippen MR) is 88.9 cm³/mol. The average molecular weight is 270 g/mol. The zero-order chi connectivity index (χ0) is 14.2. The molecule has 0 fully saturated rings. The second kappa shape index (κ2) is 5.47. The minimum absolute atomic E-state index is 0.755. The molecule has 2 aromatic rings. The molecule has 19 heavy (non-hydrogen) atoms. The fourth-order valence-electron chi connectivity index (χ4n) is 2.38. The Hall–Kier alpha value is -1.13. The molecule has 0 aliphatic rings. The fourth-order valence-corrected chi connectivity index (χ4v) is 3.87. The topological polar surface area (TPSA) is 0 Å². The van der Waals surface area contributed by atoms with Gasteiger partial charge in [0.2, 0.25) is 0 Å². The molecule has 2 rings (SSSR count). The van der Waals surface area contributed by atoms with E-state index >= 15 is 0 Å². The van der Waals surface area contributed by atoms with E-state index in [0.717, 1.165) is 8.58 Å². The lowest BCUT2D eigenvalue weighted by molar-refractivity contribution is 1.28. The van der Waals surface area contributed by atoms with Crippen molar-refractivity contribution in [1.29, 1.82) is 0 Å². The highest BCUT2D eigenvalue weighted by Gasteiger charge is 2.05. The van der Waals surface area contributed by atoms with Gasteiger partial charge in [0.15, 0.2) is 0 Å². The highest BCUT2D eigenvalue weighted by Crippen LogP contribution is 2.20. The van der Waals surface area contributed by atoms with Crippen LogP contribution < -0.4 is 10.6 Å². The summed E-state index contributed by atoms with van der Waals surface area (Å²) in [6.45, 7) is 13.3. The maximum atomic E-state index is 2.34. The van der Waals surface area contributed by atoms with Crippen LogP contribution in [0.3, 0.4) is 0 Å². The summed E-state index contributed by atoms with van der Waals surface area (Å²) in [6, 6.07) is 9.35. The molecule has 0 atom stereocenters. The minimum atomic E-state index is 0.755. The van der Waals surface area contributed by atoms with Crippen molar-refractivity contribution in [3.05, 3.63) is 57.6 Å². The summed E-state index contributed by atoms with van der Waals surface area (Å²) in [5.74, 6) is 0. The molecule has 1 heteroatoms. The third kappa shape index (κ3) is 3.07. The first-order chi connectivity index (χ1) is 8.88. The Morgan fingerprint density at radius 3 is 1.05 bits per heavy atom. The fraction of sp³-hybridized carbons (Fsp3) is 0.333. The van der Waals surface area contributed by atoms with Crippen LogP contribution in [0.2, 0.25) is 0 Å². The van der Waals surface area contributed by atoms with Gasteiger partial charge < -0.3 is 0 Å². The van der Waals surface area contributed by atoms with Gasteiger partial charge >= 0.3 is 0 Å². The van der Waals surface area contributed by atoms with Crippen LogP contribution in [0.1, 0.15) is 33.4 Å². The smallest absolute Gasteiger partial charge is 0.0221 e. The first kappa shape index (κ1) is 14.3. The van der Waals surface area contributed by atoms with E-state index in [4.69, 9.17) is 0 Å². The summed E-state index contributed by atoms with van der Waals surface area (Å²) in [6.07, 6.45) is 0. The number of aryl methyl sites for hydroxylation is 4. The van der Waals surface area contributed by atoms with Crippen LogP contribution in [0, 0.1) is 41.5 Å². The molecule has 0 saturated carbocycles. The van der Waals surface area contributed by atoms with Crippen LogP contribution in [0.5, 0.6) is 0 Å². The van der Waals surface area contributed by atoms with Crippen LogP contribution in [0.25, 0.3) is 0 Å². The van der Waals surface area contributed by atoms with E-state index in [0.29, 0.717) is 0 Å². The van der Waals surface area contributed by atoms with Crippen molar-refractivity contribution in [3.63, 3.8) is 0 Å². The summed E-state index contributed by atoms with van der Waals surface area (Å²) in [5.41, 5.74) is 8.46. The van der Waals surface area contributed by atoms with E-state index in [1.54, 1.807) is 0 Å². The second-order valence-electron chi connectivity index (χ2n) is 5.60. The maximum absolute atomic E-state index is 2.34. The van der Waals surface area contributed by atoms with Crippen LogP contribution >= 0.6 is 8.58 Å². The van der Waals surface area contributed by atoms with Gasteiger partial charge in [-0.1, -0.05) is 32.8 Å². The van der Waals surface area contributed by atoms with Gasteiger partial charge in [0.05, 0.1) is 0 Å². The lowest BCUT2D eigenvalue weighted by Gasteiger charge is -2.12. The Kier molecular flexibility index (Phi) is 4.11. The number of benzene rings is 2. The monoisotopic (exact) mass is 270 g/mol. The van der Waals surface area contributed by atoms with Gasteiger partial charge in [0.1, 0.15) is 0 Å². The van der Waals surface area contributed by atoms with E-state index in [2.05, 4.69) is 65.8 Å². The van der Waals surface area contributed by atoms with Crippen molar-refractivity contribution in [1.82, 2.24) is 0 Å². The molecule has 0 heterocycles. The van der Waals surface area contributed by atoms with Gasteiger partial charge in [-0.05, 0) is 85.5 Å². The van der Waals surface area contributed by atoms with Crippen LogP contribution in [0.15, 0.2) is 24.3 Å². The third-order valence-corrected chi connectivity index (χ3v) is 5.30. The zero-order valence-electron chi connectivity index (χ0n) is 12.8. The lowest BCUT2D eigenvalue weighted by Crippen LogP contribution is -2.08. The first-order valence-corrected chi connectivity index (χ1v) is 7.81. The molecule has 0 unspecified atom stereocenters. The summed E-state index contributed by atoms with van der Waals surface area (Å²) in [7, 11) is 0.755. The van der Waals surface area contributed by atoms with Crippen molar-refractivity contribution in [2.24, 2.45) is 0 Å². The molecule has 0 aromatic heterocycles. The minimum Gasteiger partial charge on any atom is -0.0591 e. The van der Waals surface area contributed by atoms with Gasteiger partial charge in [-0.15, -0.1) is 0 Å². The zero-order valence-corrected chi connectivity index (χ0v) is 13.8. The van der Waals surface area contributed by atoms with Gasteiger partial charge in [-0.25, -0.2) is 0 Å². The summed E-state index contributed by atoms with van der Waals surface area (Å²) < 4.78 is 0. The predicted octanol–water partition coefficient (Wildman–Crippen LogP) is 4.17. The van der Waals surface area contributed by atoms with Crippen molar-refractivity contribution in [2.45, 2.75) is 41.5 Å². The molecule has 0 N–H and O–H groups in total. The van der Waals surface area contributed by atoms with E-state index in [1.165, 1.54) is 44.0 Å². The molecular formula is C18H23P. The number of hydrogen-bond acceptors (Lipinski definition) is 0. The molecule has 100 valence electrons. The van der Waals surface area contributed by atoms with Gasteiger partial charge in [0, 0.05) is 0 Å². The number of rotatable bonds is 2. The standard InChI is InChI=1S/C18H23P/c1-11-7-17(8-12(2)15(11)5)19-18-9-13(3)16(6)14(4)10-18/h7-10,19H,1-6H3. The van der Waals surface area contributed by atoms with Crippen molar-refractivity contribution >= 4 is 19.2 Å². The third-order valence-electron chi connectivity index (χ3n) is 4.14. The molecule has 0 amide bonds. The summed E-state index contributed by atoms with van der Waals surface area (Å²) in [4.78, 5) is 0. The summed E-state index contributed by atoms with van der Waals surface area (Å²) >= 11 is 0. The second-order valence-corrected chi connectivity index (χ2v) is 7.00. The average Bonchev–Trinajstić information content (AvgIpc) is 2.33. The maximum Gasteiger partial charge on any atom is -0.0221 e. The Morgan fingerprint density at radius 2 is 0.789 bits per heavy atom. The Bertz CT molecular complexity index is 522. The number of hydrogen-bond donors (Lipinski definition) is 0. The summed E-state index contributed by atoms with van der Waals surface area (Å²) in [5, 5.41) is 2.89. The Labute approximate surface area is 119 Å². The molecule has 0 bridgehead atoms.